The first-order valence-electron chi connectivity index (χ1n) is 8.89. The van der Waals surface area contributed by atoms with E-state index in [0.717, 1.165) is 6.07 Å². The normalized spacial score (nSPS) is 11.7. The third-order valence-electron chi connectivity index (χ3n) is 4.74. The van der Waals surface area contributed by atoms with E-state index in [4.69, 9.17) is 0 Å². The molecule has 0 fully saturated rings. The van der Waals surface area contributed by atoms with Gasteiger partial charge in [0.05, 0.1) is 28.6 Å². The summed E-state index contributed by atoms with van der Waals surface area (Å²) >= 11 is 0. The molecule has 0 saturated carbocycles. The predicted octanol–water partition coefficient (Wildman–Crippen LogP) is 3.18. The first-order chi connectivity index (χ1) is 14.3. The van der Waals surface area contributed by atoms with Crippen molar-refractivity contribution in [2.24, 2.45) is 7.05 Å². The van der Waals surface area contributed by atoms with E-state index < -0.39 is 29.9 Å². The largest absolute Gasteiger partial charge is 0.418 e. The Hall–Kier alpha value is -3.82. The molecule has 4 rings (SSSR count). The highest BCUT2D eigenvalue weighted by Crippen LogP contribution is 2.36. The van der Waals surface area contributed by atoms with Gasteiger partial charge in [0.25, 0.3) is 0 Å². The third kappa shape index (κ3) is 3.47. The number of nitrogens with one attached hydrogen (secondary N) is 1. The first-order valence-corrected chi connectivity index (χ1v) is 8.89. The fourth-order valence-corrected chi connectivity index (χ4v) is 3.30. The second-order valence-electron chi connectivity index (χ2n) is 6.66. The van der Waals surface area contributed by atoms with Crippen LogP contribution in [0.5, 0.6) is 0 Å². The van der Waals surface area contributed by atoms with Crippen LogP contribution < -0.4 is 11.0 Å². The van der Waals surface area contributed by atoms with Crippen LogP contribution >= 0.6 is 0 Å². The maximum Gasteiger partial charge on any atom is 0.418 e. The van der Waals surface area contributed by atoms with E-state index in [9.17, 15) is 22.8 Å². The number of alkyl halides is 3. The number of anilines is 1. The Morgan fingerprint density at radius 3 is 2.53 bits per heavy atom. The van der Waals surface area contributed by atoms with E-state index >= 15 is 0 Å². The van der Waals surface area contributed by atoms with E-state index in [1.165, 1.54) is 44.6 Å². The molecule has 0 aliphatic rings. The summed E-state index contributed by atoms with van der Waals surface area (Å²) in [4.78, 5) is 28.8. The number of halogens is 3. The highest BCUT2D eigenvalue weighted by atomic mass is 19.4. The molecule has 4 aromatic rings. The number of hydrogen-bond donors (Lipinski definition) is 1. The van der Waals surface area contributed by atoms with Gasteiger partial charge in [-0.1, -0.05) is 12.1 Å². The van der Waals surface area contributed by atoms with Crippen molar-refractivity contribution in [3.05, 3.63) is 77.2 Å². The summed E-state index contributed by atoms with van der Waals surface area (Å²) in [7, 11) is 1.57. The van der Waals surface area contributed by atoms with Crippen LogP contribution in [0, 0.1) is 0 Å². The van der Waals surface area contributed by atoms with Crippen molar-refractivity contribution < 1.29 is 18.0 Å². The number of carbonyl (C=O) groups excluding carboxylic acids is 1. The number of rotatable bonds is 4. The number of aryl methyl sites for hydroxylation is 1. The van der Waals surface area contributed by atoms with E-state index in [2.05, 4.69) is 10.3 Å². The molecule has 0 atom stereocenters. The third-order valence-corrected chi connectivity index (χ3v) is 4.74. The van der Waals surface area contributed by atoms with Crippen LogP contribution in [0.4, 0.5) is 18.9 Å². The molecule has 10 heteroatoms. The molecule has 0 saturated heterocycles. The number of amides is 1. The summed E-state index contributed by atoms with van der Waals surface area (Å²) in [5.41, 5.74) is -0.416. The lowest BCUT2D eigenvalue weighted by atomic mass is 10.1. The Morgan fingerprint density at radius 2 is 1.87 bits per heavy atom. The molecule has 1 amide bonds. The minimum Gasteiger partial charge on any atom is -0.324 e. The fourth-order valence-electron chi connectivity index (χ4n) is 3.30. The monoisotopic (exact) mass is 415 g/mol. The van der Waals surface area contributed by atoms with Crippen molar-refractivity contribution in [2.45, 2.75) is 12.7 Å². The molecular formula is C20H16F3N5O2. The molecular weight excluding hydrogens is 399 g/mol. The molecule has 0 bridgehead atoms. The SMILES string of the molecule is Cn1c(=O)n(CC(=O)Nc2ccc(-n3ccnc3)cc2C(F)(F)F)c2ccccc21. The summed E-state index contributed by atoms with van der Waals surface area (Å²) in [5.74, 6) is -0.741. The van der Waals surface area contributed by atoms with E-state index in [0.29, 0.717) is 11.0 Å². The minimum atomic E-state index is -4.69. The predicted molar refractivity (Wildman–Crippen MR) is 104 cm³/mol. The standard InChI is InChI=1S/C20H16F3N5O2/c1-26-16-4-2-3-5-17(16)28(19(26)30)11-18(29)25-15-7-6-13(27-9-8-24-12-27)10-14(15)20(21,22)23/h2-10,12H,11H2,1H3,(H,25,29). The van der Waals surface area contributed by atoms with Crippen molar-refractivity contribution in [3.63, 3.8) is 0 Å². The molecule has 0 radical (unpaired) electrons. The van der Waals surface area contributed by atoms with Gasteiger partial charge in [-0.3, -0.25) is 13.9 Å². The van der Waals surface area contributed by atoms with Crippen molar-refractivity contribution in [1.82, 2.24) is 18.7 Å². The molecule has 2 heterocycles. The summed E-state index contributed by atoms with van der Waals surface area (Å²) in [5, 5.41) is 2.29. The van der Waals surface area contributed by atoms with Crippen molar-refractivity contribution in [3.8, 4) is 5.69 Å². The average molecular weight is 415 g/mol. The molecule has 0 unspecified atom stereocenters. The highest BCUT2D eigenvalue weighted by molar-refractivity contribution is 5.92. The quantitative estimate of drug-likeness (QED) is 0.556. The Kier molecular flexibility index (Phi) is 4.69. The van der Waals surface area contributed by atoms with Crippen LogP contribution in [0.15, 0.2) is 66.0 Å². The lowest BCUT2D eigenvalue weighted by Gasteiger charge is -2.16. The van der Waals surface area contributed by atoms with Crippen LogP contribution in [0.25, 0.3) is 16.7 Å². The number of benzene rings is 2. The Labute approximate surface area is 168 Å². The van der Waals surface area contributed by atoms with Gasteiger partial charge in [0.15, 0.2) is 0 Å². The molecule has 2 aromatic heterocycles. The zero-order valence-electron chi connectivity index (χ0n) is 15.7. The zero-order chi connectivity index (χ0) is 21.5. The van der Waals surface area contributed by atoms with Gasteiger partial charge in [0.2, 0.25) is 5.91 Å². The number of carbonyl (C=O) groups is 1. The van der Waals surface area contributed by atoms with Gasteiger partial charge >= 0.3 is 11.9 Å². The number of aromatic nitrogens is 4. The summed E-state index contributed by atoms with van der Waals surface area (Å²) in [6.07, 6.45) is -0.346. The van der Waals surface area contributed by atoms with Crippen LogP contribution in [0.2, 0.25) is 0 Å². The Bertz CT molecular complexity index is 1290. The van der Waals surface area contributed by atoms with Gasteiger partial charge < -0.3 is 9.88 Å². The number of hydrogen-bond acceptors (Lipinski definition) is 3. The molecule has 1 N–H and O–H groups in total. The van der Waals surface area contributed by atoms with Gasteiger partial charge in [-0.15, -0.1) is 0 Å². The van der Waals surface area contributed by atoms with E-state index in [-0.39, 0.29) is 11.4 Å². The highest BCUT2D eigenvalue weighted by Gasteiger charge is 2.34. The molecule has 30 heavy (non-hydrogen) atoms. The first kappa shape index (κ1) is 19.5. The lowest BCUT2D eigenvalue weighted by Crippen LogP contribution is -2.29. The molecule has 2 aromatic carbocycles. The number of nitrogens with zero attached hydrogens (tertiary/aromatic N) is 4. The van der Waals surface area contributed by atoms with Gasteiger partial charge in [-0.2, -0.15) is 13.2 Å². The fraction of sp³-hybridized carbons (Fsp3) is 0.150. The summed E-state index contributed by atoms with van der Waals surface area (Å²) in [6.45, 7) is -0.416. The minimum absolute atomic E-state index is 0.253. The topological polar surface area (TPSA) is 73.8 Å². The molecule has 0 aliphatic carbocycles. The van der Waals surface area contributed by atoms with Gasteiger partial charge in [0.1, 0.15) is 6.54 Å². The maximum absolute atomic E-state index is 13.6. The Morgan fingerprint density at radius 1 is 1.13 bits per heavy atom. The molecule has 0 aliphatic heterocycles. The van der Waals surface area contributed by atoms with E-state index in [1.807, 2.05) is 0 Å². The second-order valence-corrected chi connectivity index (χ2v) is 6.66. The second kappa shape index (κ2) is 7.21. The van der Waals surface area contributed by atoms with Crippen molar-refractivity contribution in [2.75, 3.05) is 5.32 Å². The molecule has 154 valence electrons. The smallest absolute Gasteiger partial charge is 0.324 e. The summed E-state index contributed by atoms with van der Waals surface area (Å²) in [6, 6.07) is 10.4. The van der Waals surface area contributed by atoms with Crippen molar-refractivity contribution in [1.29, 1.82) is 0 Å². The summed E-state index contributed by atoms with van der Waals surface area (Å²) < 4.78 is 44.8. The van der Waals surface area contributed by atoms with Gasteiger partial charge in [0, 0.05) is 25.1 Å². The van der Waals surface area contributed by atoms with Crippen LogP contribution in [-0.4, -0.2) is 24.6 Å². The number of para-hydroxylation sites is 2. The lowest BCUT2D eigenvalue weighted by molar-refractivity contribution is -0.137. The maximum atomic E-state index is 13.6. The van der Waals surface area contributed by atoms with E-state index in [1.54, 1.807) is 31.3 Å². The van der Waals surface area contributed by atoms with Gasteiger partial charge in [-0.05, 0) is 30.3 Å². The van der Waals surface area contributed by atoms with Crippen LogP contribution in [0.3, 0.4) is 0 Å². The van der Waals surface area contributed by atoms with Crippen LogP contribution in [0.1, 0.15) is 5.56 Å². The number of imidazole rings is 2. The van der Waals surface area contributed by atoms with Crippen molar-refractivity contribution >= 4 is 22.6 Å². The average Bonchev–Trinajstić information content (AvgIpc) is 3.32. The number of fused-ring (bicyclic) bond motifs is 1. The molecule has 0 spiro atoms. The Balaban J connectivity index is 1.65. The van der Waals surface area contributed by atoms with Gasteiger partial charge in [-0.25, -0.2) is 9.78 Å². The zero-order valence-corrected chi connectivity index (χ0v) is 15.7. The van der Waals surface area contributed by atoms with Crippen LogP contribution in [-0.2, 0) is 24.6 Å². The molecule has 7 nitrogen and oxygen atoms in total.